The third kappa shape index (κ3) is 4.80. The van der Waals surface area contributed by atoms with Gasteiger partial charge in [0, 0.05) is 39.4 Å². The highest BCUT2D eigenvalue weighted by Gasteiger charge is 2.30. The van der Waals surface area contributed by atoms with Gasteiger partial charge in [0.15, 0.2) is 6.17 Å². The quantitative estimate of drug-likeness (QED) is 0.200. The van der Waals surface area contributed by atoms with E-state index in [0.29, 0.717) is 5.75 Å². The molecule has 246 valence electrons. The van der Waals surface area contributed by atoms with E-state index in [4.69, 9.17) is 14.1 Å². The number of nitrogens with one attached hydrogen (secondary N) is 1. The van der Waals surface area contributed by atoms with Crippen LogP contribution in [0.4, 0.5) is 5.69 Å². The Morgan fingerprint density at radius 2 is 1.48 bits per heavy atom. The minimum atomic E-state index is -0.299. The summed E-state index contributed by atoms with van der Waals surface area (Å²) >= 11 is 0. The van der Waals surface area contributed by atoms with Crippen LogP contribution in [0.1, 0.15) is 49.2 Å². The first-order valence-electron chi connectivity index (χ1n) is 17.0. The molecule has 0 saturated carbocycles. The SMILES string of the molecule is Cc1cccc(C)c1N1C=NNC1c1cc(Oc2ccc3c4ccccc4n(-c4cc(C(C)(C)C)ccn4)c3c2)cc2c1oc1ccccc12. The van der Waals surface area contributed by atoms with Crippen LogP contribution in [0.5, 0.6) is 11.5 Å². The van der Waals surface area contributed by atoms with Gasteiger partial charge in [-0.15, -0.1) is 0 Å². The van der Waals surface area contributed by atoms with Crippen LogP contribution in [0.25, 0.3) is 49.6 Å². The number of hydrazone groups is 1. The highest BCUT2D eigenvalue weighted by molar-refractivity contribution is 6.10. The average Bonchev–Trinajstić information content (AvgIpc) is 3.82. The predicted molar refractivity (Wildman–Crippen MR) is 204 cm³/mol. The summed E-state index contributed by atoms with van der Waals surface area (Å²) in [7, 11) is 0. The topological polar surface area (TPSA) is 67.8 Å². The average molecular weight is 656 g/mol. The van der Waals surface area contributed by atoms with Crippen molar-refractivity contribution in [2.75, 3.05) is 4.90 Å². The van der Waals surface area contributed by atoms with Crippen LogP contribution in [0, 0.1) is 13.8 Å². The maximum Gasteiger partial charge on any atom is 0.150 e. The number of rotatable bonds is 5. The van der Waals surface area contributed by atoms with E-state index < -0.39 is 0 Å². The summed E-state index contributed by atoms with van der Waals surface area (Å²) in [5.74, 6) is 2.33. The summed E-state index contributed by atoms with van der Waals surface area (Å²) in [6, 6.07) is 37.8. The molecule has 0 saturated heterocycles. The summed E-state index contributed by atoms with van der Waals surface area (Å²) in [5.41, 5.74) is 12.7. The zero-order valence-corrected chi connectivity index (χ0v) is 28.7. The zero-order valence-electron chi connectivity index (χ0n) is 28.7. The molecule has 1 aliphatic heterocycles. The van der Waals surface area contributed by atoms with Crippen molar-refractivity contribution in [3.63, 3.8) is 0 Å². The number of furan rings is 1. The number of para-hydroxylation sites is 3. The molecule has 9 rings (SSSR count). The molecular formula is C43H37N5O2. The van der Waals surface area contributed by atoms with Crippen molar-refractivity contribution in [1.29, 1.82) is 0 Å². The maximum absolute atomic E-state index is 6.80. The molecule has 3 aromatic heterocycles. The number of pyridine rings is 1. The van der Waals surface area contributed by atoms with Crippen molar-refractivity contribution in [2.45, 2.75) is 46.2 Å². The molecular weight excluding hydrogens is 619 g/mol. The van der Waals surface area contributed by atoms with Crippen LogP contribution >= 0.6 is 0 Å². The van der Waals surface area contributed by atoms with Gasteiger partial charge in [0.2, 0.25) is 0 Å². The molecule has 8 aromatic rings. The maximum atomic E-state index is 6.80. The summed E-state index contributed by atoms with van der Waals surface area (Å²) in [4.78, 5) is 7.04. The number of aromatic nitrogens is 2. The first kappa shape index (κ1) is 30.0. The number of ether oxygens (including phenoxy) is 1. The van der Waals surface area contributed by atoms with Gasteiger partial charge in [0.1, 0.15) is 34.8 Å². The number of hydrogen-bond acceptors (Lipinski definition) is 6. The first-order valence-corrected chi connectivity index (χ1v) is 17.0. The van der Waals surface area contributed by atoms with E-state index in [0.717, 1.165) is 61.2 Å². The van der Waals surface area contributed by atoms with Crippen molar-refractivity contribution >= 4 is 55.8 Å². The third-order valence-corrected chi connectivity index (χ3v) is 9.85. The second kappa shape index (κ2) is 11.2. The van der Waals surface area contributed by atoms with E-state index in [1.54, 1.807) is 0 Å². The lowest BCUT2D eigenvalue weighted by atomic mass is 9.88. The number of benzene rings is 5. The fourth-order valence-corrected chi connectivity index (χ4v) is 7.41. The fraction of sp³-hybridized carbons (Fsp3) is 0.163. The van der Waals surface area contributed by atoms with Crippen LogP contribution in [0.3, 0.4) is 0 Å². The van der Waals surface area contributed by atoms with Crippen molar-refractivity contribution in [1.82, 2.24) is 15.0 Å². The monoisotopic (exact) mass is 655 g/mol. The van der Waals surface area contributed by atoms with Crippen molar-refractivity contribution in [3.05, 3.63) is 138 Å². The molecule has 7 heteroatoms. The first-order chi connectivity index (χ1) is 24.2. The number of fused-ring (bicyclic) bond motifs is 6. The lowest BCUT2D eigenvalue weighted by molar-refractivity contribution is 0.481. The number of anilines is 1. The van der Waals surface area contributed by atoms with Gasteiger partial charge in [-0.3, -0.25) is 9.99 Å². The second-order valence-electron chi connectivity index (χ2n) is 14.2. The molecule has 0 spiro atoms. The van der Waals surface area contributed by atoms with Crippen LogP contribution in [-0.2, 0) is 5.41 Å². The summed E-state index contributed by atoms with van der Waals surface area (Å²) in [5, 5.41) is 8.87. The minimum Gasteiger partial charge on any atom is -0.457 e. The van der Waals surface area contributed by atoms with Gasteiger partial charge >= 0.3 is 0 Å². The second-order valence-corrected chi connectivity index (χ2v) is 14.2. The molecule has 7 nitrogen and oxygen atoms in total. The van der Waals surface area contributed by atoms with Crippen molar-refractivity contribution in [2.24, 2.45) is 5.10 Å². The summed E-state index contributed by atoms with van der Waals surface area (Å²) in [6.45, 7) is 10.9. The summed E-state index contributed by atoms with van der Waals surface area (Å²) < 4.78 is 15.6. The number of aryl methyl sites for hydroxylation is 2. The Morgan fingerprint density at radius 3 is 2.30 bits per heavy atom. The highest BCUT2D eigenvalue weighted by atomic mass is 16.5. The Labute approximate surface area is 290 Å². The normalized spacial score (nSPS) is 14.7. The molecule has 0 amide bonds. The molecule has 0 aliphatic carbocycles. The van der Waals surface area contributed by atoms with Crippen molar-refractivity contribution < 1.29 is 9.15 Å². The zero-order chi connectivity index (χ0) is 34.1. The van der Waals surface area contributed by atoms with Crippen LogP contribution < -0.4 is 15.1 Å². The number of hydrogen-bond donors (Lipinski definition) is 1. The fourth-order valence-electron chi connectivity index (χ4n) is 7.41. The largest absolute Gasteiger partial charge is 0.457 e. The van der Waals surface area contributed by atoms with Gasteiger partial charge in [0.05, 0.1) is 16.7 Å². The minimum absolute atomic E-state index is 0.00890. The van der Waals surface area contributed by atoms with Crippen molar-refractivity contribution in [3.8, 4) is 17.3 Å². The highest BCUT2D eigenvalue weighted by Crippen LogP contribution is 2.42. The molecule has 0 radical (unpaired) electrons. The predicted octanol–water partition coefficient (Wildman–Crippen LogP) is 10.8. The standard InChI is InChI=1S/C43H37N5O2/c1-26-11-10-12-27(2)40(26)47-25-45-46-42(47)35-23-30(22-34-33-14-7-9-16-38(33)50-41(34)35)49-29-17-18-32-31-13-6-8-15-36(31)48(37(32)24-29)39-21-28(19-20-44-39)43(3,4)5/h6-25,42,46H,1-5H3. The van der Waals surface area contributed by atoms with Crippen LogP contribution in [0.2, 0.25) is 0 Å². The molecule has 50 heavy (non-hydrogen) atoms. The molecule has 1 unspecified atom stereocenters. The van der Waals surface area contributed by atoms with Gasteiger partial charge < -0.3 is 14.1 Å². The molecule has 0 fully saturated rings. The Hall–Kier alpha value is -6.08. The van der Waals surface area contributed by atoms with Crippen LogP contribution in [-0.4, -0.2) is 15.9 Å². The Kier molecular flexibility index (Phi) is 6.75. The lowest BCUT2D eigenvalue weighted by Gasteiger charge is -2.27. The third-order valence-electron chi connectivity index (χ3n) is 9.85. The molecule has 1 aliphatic rings. The smallest absolute Gasteiger partial charge is 0.150 e. The number of nitrogens with zero attached hydrogens (tertiary/aromatic N) is 4. The van der Waals surface area contributed by atoms with Gasteiger partial charge in [-0.25, -0.2) is 4.98 Å². The van der Waals surface area contributed by atoms with E-state index >= 15 is 0 Å². The summed E-state index contributed by atoms with van der Waals surface area (Å²) in [6.07, 6.45) is 3.47. The van der Waals surface area contributed by atoms with Gasteiger partial charge in [-0.05, 0) is 84.5 Å². The van der Waals surface area contributed by atoms with E-state index in [2.05, 4.69) is 146 Å². The Bertz CT molecular complexity index is 2620. The Balaban J connectivity index is 1.20. The molecule has 5 aromatic carbocycles. The Morgan fingerprint density at radius 1 is 0.720 bits per heavy atom. The molecule has 1 N–H and O–H groups in total. The molecule has 1 atom stereocenters. The van der Waals surface area contributed by atoms with Crippen LogP contribution in [0.15, 0.2) is 125 Å². The lowest BCUT2D eigenvalue weighted by Crippen LogP contribution is -2.30. The van der Waals surface area contributed by atoms with E-state index in [9.17, 15) is 0 Å². The van der Waals surface area contributed by atoms with E-state index in [-0.39, 0.29) is 11.6 Å². The van der Waals surface area contributed by atoms with E-state index in [1.165, 1.54) is 22.1 Å². The van der Waals surface area contributed by atoms with Gasteiger partial charge in [0.25, 0.3) is 0 Å². The molecule has 0 bridgehead atoms. The van der Waals surface area contributed by atoms with E-state index in [1.807, 2.05) is 30.7 Å². The van der Waals surface area contributed by atoms with Gasteiger partial charge in [-0.1, -0.05) is 75.4 Å². The van der Waals surface area contributed by atoms with Gasteiger partial charge in [-0.2, -0.15) is 5.10 Å². The molecule has 4 heterocycles.